The van der Waals surface area contributed by atoms with Crippen LogP contribution in [0.5, 0.6) is 11.5 Å². The predicted octanol–water partition coefficient (Wildman–Crippen LogP) is 4.79. The first kappa shape index (κ1) is 20.4. The fourth-order valence-corrected chi connectivity index (χ4v) is 4.62. The van der Waals surface area contributed by atoms with E-state index in [0.717, 1.165) is 38.4 Å². The fraction of sp³-hybridized carbons (Fsp3) is 0.238. The molecule has 4 aromatic rings. The lowest BCUT2D eigenvalue weighted by atomic mass is 10.2. The smallest absolute Gasteiger partial charge is 0.214 e. The minimum absolute atomic E-state index is 0.594. The second-order valence-electron chi connectivity index (χ2n) is 6.44. The minimum Gasteiger partial charge on any atom is -0.493 e. The van der Waals surface area contributed by atoms with Gasteiger partial charge in [-0.2, -0.15) is 4.68 Å². The summed E-state index contributed by atoms with van der Waals surface area (Å²) in [5.74, 6) is 2.12. The van der Waals surface area contributed by atoms with Gasteiger partial charge < -0.3 is 9.47 Å². The number of rotatable bonds is 8. The Morgan fingerprint density at radius 2 is 2.03 bits per heavy atom. The van der Waals surface area contributed by atoms with Crippen molar-refractivity contribution in [3.63, 3.8) is 0 Å². The third-order valence-corrected chi connectivity index (χ3v) is 6.19. The number of thioether (sulfide) groups is 1. The molecular weight excluding hydrogens is 418 g/mol. The summed E-state index contributed by atoms with van der Waals surface area (Å²) in [5, 5.41) is 15.9. The normalized spacial score (nSPS) is 10.9. The number of thiazole rings is 1. The van der Waals surface area contributed by atoms with Gasteiger partial charge >= 0.3 is 0 Å². The zero-order valence-corrected chi connectivity index (χ0v) is 18.5. The van der Waals surface area contributed by atoms with E-state index in [1.807, 2.05) is 50.2 Å². The van der Waals surface area contributed by atoms with E-state index in [4.69, 9.17) is 14.5 Å². The van der Waals surface area contributed by atoms with Crippen molar-refractivity contribution >= 4 is 23.1 Å². The molecule has 0 N–H and O–H groups in total. The molecule has 2 aromatic heterocycles. The first-order valence-electron chi connectivity index (χ1n) is 9.41. The number of benzene rings is 2. The lowest BCUT2D eigenvalue weighted by molar-refractivity contribution is 0.311. The first-order valence-corrected chi connectivity index (χ1v) is 11.3. The number of aromatic nitrogens is 5. The largest absolute Gasteiger partial charge is 0.493 e. The molecule has 0 saturated heterocycles. The predicted molar refractivity (Wildman–Crippen MR) is 119 cm³/mol. The molecule has 7 nitrogen and oxygen atoms in total. The van der Waals surface area contributed by atoms with Gasteiger partial charge in [0.15, 0.2) is 11.5 Å². The van der Waals surface area contributed by atoms with E-state index in [-0.39, 0.29) is 0 Å². The molecule has 0 radical (unpaired) electrons. The van der Waals surface area contributed by atoms with Crippen LogP contribution in [0.25, 0.3) is 16.3 Å². The number of tetrazole rings is 1. The number of methoxy groups -OCH3 is 1. The summed E-state index contributed by atoms with van der Waals surface area (Å²) in [6, 6.07) is 14.0. The third-order valence-electron chi connectivity index (χ3n) is 4.30. The Bertz CT molecular complexity index is 1140. The summed E-state index contributed by atoms with van der Waals surface area (Å²) in [4.78, 5) is 4.77. The Balaban J connectivity index is 1.48. The van der Waals surface area contributed by atoms with Gasteiger partial charge in [-0.1, -0.05) is 23.9 Å². The quantitative estimate of drug-likeness (QED) is 0.365. The van der Waals surface area contributed by atoms with E-state index in [2.05, 4.69) is 27.0 Å². The highest BCUT2D eigenvalue weighted by Crippen LogP contribution is 2.34. The average Bonchev–Trinajstić information content (AvgIpc) is 3.42. The van der Waals surface area contributed by atoms with Gasteiger partial charge in [0, 0.05) is 16.7 Å². The van der Waals surface area contributed by atoms with Gasteiger partial charge in [-0.05, 0) is 60.2 Å². The van der Waals surface area contributed by atoms with Crippen molar-refractivity contribution < 1.29 is 9.47 Å². The zero-order chi connectivity index (χ0) is 20.9. The van der Waals surface area contributed by atoms with Gasteiger partial charge in [0.05, 0.1) is 25.1 Å². The van der Waals surface area contributed by atoms with Crippen LogP contribution in [0.1, 0.15) is 18.2 Å². The Labute approximate surface area is 183 Å². The monoisotopic (exact) mass is 439 g/mol. The number of nitrogens with zero attached hydrogens (tertiary/aromatic N) is 5. The van der Waals surface area contributed by atoms with E-state index in [0.29, 0.717) is 18.1 Å². The molecule has 0 unspecified atom stereocenters. The molecule has 0 aliphatic heterocycles. The molecule has 154 valence electrons. The van der Waals surface area contributed by atoms with Crippen molar-refractivity contribution in [2.75, 3.05) is 13.7 Å². The van der Waals surface area contributed by atoms with Crippen LogP contribution in [-0.2, 0) is 5.75 Å². The van der Waals surface area contributed by atoms with Crippen LogP contribution in [0.15, 0.2) is 53.0 Å². The fourth-order valence-electron chi connectivity index (χ4n) is 2.91. The van der Waals surface area contributed by atoms with E-state index in [1.54, 1.807) is 34.9 Å². The second-order valence-corrected chi connectivity index (χ2v) is 8.24. The molecule has 0 saturated carbocycles. The van der Waals surface area contributed by atoms with Crippen LogP contribution < -0.4 is 9.47 Å². The Kier molecular flexibility index (Phi) is 6.29. The standard InChI is InChI=1S/C21H21N5O2S2/c1-4-28-18-9-8-15(11-19(18)27-3)20-22-16(12-29-20)13-30-21-23-24-25-26(21)17-7-5-6-14(2)10-17/h5-12H,4,13H2,1-3H3. The number of hydrogen-bond acceptors (Lipinski definition) is 8. The highest BCUT2D eigenvalue weighted by atomic mass is 32.2. The molecule has 0 spiro atoms. The van der Waals surface area contributed by atoms with Gasteiger partial charge in [-0.25, -0.2) is 4.98 Å². The molecule has 0 bridgehead atoms. The molecule has 2 heterocycles. The van der Waals surface area contributed by atoms with Crippen LogP contribution in [0.4, 0.5) is 0 Å². The highest BCUT2D eigenvalue weighted by Gasteiger charge is 2.13. The lowest BCUT2D eigenvalue weighted by Crippen LogP contribution is -1.99. The number of ether oxygens (including phenoxy) is 2. The summed E-state index contributed by atoms with van der Waals surface area (Å²) in [5.41, 5.74) is 4.09. The van der Waals surface area contributed by atoms with Crippen molar-refractivity contribution in [1.82, 2.24) is 25.2 Å². The van der Waals surface area contributed by atoms with Crippen molar-refractivity contribution in [3.8, 4) is 27.8 Å². The maximum atomic E-state index is 5.59. The second kappa shape index (κ2) is 9.27. The summed E-state index contributed by atoms with van der Waals surface area (Å²) in [6.45, 7) is 4.59. The van der Waals surface area contributed by atoms with Crippen molar-refractivity contribution in [3.05, 3.63) is 59.1 Å². The topological polar surface area (TPSA) is 75.0 Å². The van der Waals surface area contributed by atoms with Gasteiger partial charge in [0.25, 0.3) is 0 Å². The summed E-state index contributed by atoms with van der Waals surface area (Å²) >= 11 is 3.16. The molecule has 0 aliphatic carbocycles. The molecular formula is C21H21N5O2S2. The minimum atomic E-state index is 0.594. The molecule has 0 fully saturated rings. The molecule has 0 aliphatic rings. The molecule has 2 aromatic carbocycles. The summed E-state index contributed by atoms with van der Waals surface area (Å²) in [7, 11) is 1.64. The van der Waals surface area contributed by atoms with Crippen molar-refractivity contribution in [2.24, 2.45) is 0 Å². The Morgan fingerprint density at radius 1 is 1.13 bits per heavy atom. The lowest BCUT2D eigenvalue weighted by Gasteiger charge is -2.09. The maximum Gasteiger partial charge on any atom is 0.214 e. The number of aryl methyl sites for hydroxylation is 1. The average molecular weight is 440 g/mol. The van der Waals surface area contributed by atoms with Gasteiger partial charge in [0.1, 0.15) is 5.01 Å². The van der Waals surface area contributed by atoms with Crippen LogP contribution in [0, 0.1) is 6.92 Å². The van der Waals surface area contributed by atoms with Gasteiger partial charge in [-0.3, -0.25) is 0 Å². The first-order chi connectivity index (χ1) is 14.7. The van der Waals surface area contributed by atoms with Crippen molar-refractivity contribution in [2.45, 2.75) is 24.8 Å². The Hall–Kier alpha value is -2.91. The zero-order valence-electron chi connectivity index (χ0n) is 16.9. The van der Waals surface area contributed by atoms with E-state index < -0.39 is 0 Å². The molecule has 0 amide bonds. The molecule has 4 rings (SSSR count). The molecule has 9 heteroatoms. The Morgan fingerprint density at radius 3 is 2.83 bits per heavy atom. The van der Waals surface area contributed by atoms with Crippen LogP contribution in [0.2, 0.25) is 0 Å². The van der Waals surface area contributed by atoms with E-state index in [9.17, 15) is 0 Å². The van der Waals surface area contributed by atoms with Gasteiger partial charge in [-0.15, -0.1) is 16.4 Å². The highest BCUT2D eigenvalue weighted by molar-refractivity contribution is 7.98. The van der Waals surface area contributed by atoms with Crippen molar-refractivity contribution in [1.29, 1.82) is 0 Å². The molecule has 30 heavy (non-hydrogen) atoms. The van der Waals surface area contributed by atoms with Crippen LogP contribution >= 0.6 is 23.1 Å². The van der Waals surface area contributed by atoms with E-state index in [1.165, 1.54) is 0 Å². The van der Waals surface area contributed by atoms with Crippen LogP contribution in [0.3, 0.4) is 0 Å². The number of hydrogen-bond donors (Lipinski definition) is 0. The maximum absolute atomic E-state index is 5.59. The third kappa shape index (κ3) is 4.47. The SMILES string of the molecule is CCOc1ccc(-c2nc(CSc3nnnn3-c3cccc(C)c3)cs2)cc1OC. The van der Waals surface area contributed by atoms with Gasteiger partial charge in [0.2, 0.25) is 5.16 Å². The molecule has 0 atom stereocenters. The van der Waals surface area contributed by atoms with E-state index >= 15 is 0 Å². The summed E-state index contributed by atoms with van der Waals surface area (Å²) < 4.78 is 12.8. The van der Waals surface area contributed by atoms with Crippen LogP contribution in [-0.4, -0.2) is 38.9 Å². The summed E-state index contributed by atoms with van der Waals surface area (Å²) in [6.07, 6.45) is 0.